The number of rotatable bonds is 2. The summed E-state index contributed by atoms with van der Waals surface area (Å²) in [5, 5.41) is 0. The van der Waals surface area contributed by atoms with Crippen LogP contribution in [0.4, 0.5) is 13.2 Å². The second-order valence-corrected chi connectivity index (χ2v) is 2.17. The third-order valence-electron chi connectivity index (χ3n) is 1.33. The lowest BCUT2D eigenvalue weighted by Gasteiger charge is -2.01. The molecule has 1 aromatic carbocycles. The van der Waals surface area contributed by atoms with Crippen molar-refractivity contribution in [2.75, 3.05) is 0 Å². The SMILES string of the molecule is NOCc1cc(F)c(F)cc1F. The molecule has 0 aliphatic rings. The molecular weight excluding hydrogens is 171 g/mol. The smallest absolute Gasteiger partial charge is 0.161 e. The maximum Gasteiger partial charge on any atom is 0.161 e. The van der Waals surface area contributed by atoms with Gasteiger partial charge in [0.25, 0.3) is 0 Å². The van der Waals surface area contributed by atoms with Gasteiger partial charge in [0, 0.05) is 11.6 Å². The number of halogens is 3. The van der Waals surface area contributed by atoms with Crippen molar-refractivity contribution in [3.05, 3.63) is 35.1 Å². The Hall–Kier alpha value is -1.07. The van der Waals surface area contributed by atoms with Gasteiger partial charge < -0.3 is 0 Å². The van der Waals surface area contributed by atoms with Crippen molar-refractivity contribution in [2.24, 2.45) is 5.90 Å². The second-order valence-electron chi connectivity index (χ2n) is 2.17. The molecule has 5 heteroatoms. The molecule has 0 aliphatic carbocycles. The minimum absolute atomic E-state index is 0.114. The molecule has 0 heterocycles. The summed E-state index contributed by atoms with van der Waals surface area (Å²) in [6, 6.07) is 1.15. The number of benzene rings is 1. The van der Waals surface area contributed by atoms with Crippen LogP contribution in [0, 0.1) is 17.5 Å². The highest BCUT2D eigenvalue weighted by atomic mass is 19.2. The standard InChI is InChI=1S/C7H6F3NO/c8-5-2-7(10)6(9)1-4(5)3-12-11/h1-2H,3,11H2. The van der Waals surface area contributed by atoms with Crippen LogP contribution < -0.4 is 5.90 Å². The van der Waals surface area contributed by atoms with Gasteiger partial charge in [-0.3, -0.25) is 4.84 Å². The lowest BCUT2D eigenvalue weighted by molar-refractivity contribution is 0.121. The molecule has 2 N–H and O–H groups in total. The molecule has 66 valence electrons. The molecule has 1 rings (SSSR count). The fourth-order valence-corrected chi connectivity index (χ4v) is 0.764. The van der Waals surface area contributed by atoms with Gasteiger partial charge in [-0.25, -0.2) is 19.1 Å². The van der Waals surface area contributed by atoms with Crippen LogP contribution in [0.2, 0.25) is 0 Å². The van der Waals surface area contributed by atoms with E-state index >= 15 is 0 Å². The highest BCUT2D eigenvalue weighted by Crippen LogP contribution is 2.13. The van der Waals surface area contributed by atoms with E-state index in [9.17, 15) is 13.2 Å². The van der Waals surface area contributed by atoms with Crippen LogP contribution in [-0.2, 0) is 11.4 Å². The van der Waals surface area contributed by atoms with Crippen LogP contribution in [0.5, 0.6) is 0 Å². The van der Waals surface area contributed by atoms with Gasteiger partial charge in [0.15, 0.2) is 11.6 Å². The summed E-state index contributed by atoms with van der Waals surface area (Å²) in [6.07, 6.45) is 0. The third kappa shape index (κ3) is 1.75. The van der Waals surface area contributed by atoms with Crippen molar-refractivity contribution >= 4 is 0 Å². The predicted octanol–water partition coefficient (Wildman–Crippen LogP) is 1.49. The first-order valence-corrected chi connectivity index (χ1v) is 3.10. The van der Waals surface area contributed by atoms with Crippen molar-refractivity contribution in [3.63, 3.8) is 0 Å². The minimum Gasteiger partial charge on any atom is -0.300 e. The van der Waals surface area contributed by atoms with Gasteiger partial charge in [-0.15, -0.1) is 0 Å². The molecule has 0 saturated heterocycles. The summed E-state index contributed by atoms with van der Waals surface area (Å²) in [5.41, 5.74) is -0.114. The quantitative estimate of drug-likeness (QED) is 0.548. The topological polar surface area (TPSA) is 35.2 Å². The lowest BCUT2D eigenvalue weighted by Crippen LogP contribution is -2.02. The molecule has 0 spiro atoms. The zero-order valence-corrected chi connectivity index (χ0v) is 5.98. The number of hydrogen-bond acceptors (Lipinski definition) is 2. The predicted molar refractivity (Wildman–Crippen MR) is 35.3 cm³/mol. The Morgan fingerprint density at radius 2 is 1.67 bits per heavy atom. The molecule has 12 heavy (non-hydrogen) atoms. The monoisotopic (exact) mass is 177 g/mol. The maximum absolute atomic E-state index is 12.7. The molecule has 0 aliphatic heterocycles. The first kappa shape index (κ1) is 9.02. The Balaban J connectivity index is 3.05. The van der Waals surface area contributed by atoms with Gasteiger partial charge in [-0.1, -0.05) is 0 Å². The fraction of sp³-hybridized carbons (Fsp3) is 0.143. The Labute approximate surface area is 66.7 Å². The van der Waals surface area contributed by atoms with Crippen LogP contribution in [0.25, 0.3) is 0 Å². The van der Waals surface area contributed by atoms with Gasteiger partial charge in [0.05, 0.1) is 6.61 Å². The molecule has 1 aromatic rings. The van der Waals surface area contributed by atoms with E-state index in [-0.39, 0.29) is 12.2 Å². The van der Waals surface area contributed by atoms with Crippen molar-refractivity contribution in [2.45, 2.75) is 6.61 Å². The Bertz CT molecular complexity index is 290. The first-order valence-electron chi connectivity index (χ1n) is 3.10. The van der Waals surface area contributed by atoms with Gasteiger partial charge in [0.2, 0.25) is 0 Å². The van der Waals surface area contributed by atoms with E-state index in [1.165, 1.54) is 0 Å². The van der Waals surface area contributed by atoms with Crippen molar-refractivity contribution < 1.29 is 18.0 Å². The van der Waals surface area contributed by atoms with Crippen molar-refractivity contribution in [1.29, 1.82) is 0 Å². The summed E-state index contributed by atoms with van der Waals surface area (Å²) in [4.78, 5) is 4.07. The molecule has 0 amide bonds. The Morgan fingerprint density at radius 1 is 1.08 bits per heavy atom. The normalized spacial score (nSPS) is 10.3. The summed E-state index contributed by atoms with van der Waals surface area (Å²) < 4.78 is 37.4. The molecule has 0 unspecified atom stereocenters. The number of nitrogens with two attached hydrogens (primary N) is 1. The zero-order valence-electron chi connectivity index (χ0n) is 5.98. The average Bonchev–Trinajstić information content (AvgIpc) is 2.01. The van der Waals surface area contributed by atoms with Crippen LogP contribution in [0.1, 0.15) is 5.56 Å². The maximum atomic E-state index is 12.7. The summed E-state index contributed by atoms with van der Waals surface area (Å²) in [7, 11) is 0. The van der Waals surface area contributed by atoms with Crippen molar-refractivity contribution in [3.8, 4) is 0 Å². The van der Waals surface area contributed by atoms with Crippen LogP contribution in [-0.4, -0.2) is 0 Å². The van der Waals surface area contributed by atoms with Gasteiger partial charge >= 0.3 is 0 Å². The zero-order chi connectivity index (χ0) is 9.14. The fourth-order valence-electron chi connectivity index (χ4n) is 0.764. The molecule has 0 atom stereocenters. The molecule has 0 saturated carbocycles. The molecule has 2 nitrogen and oxygen atoms in total. The van der Waals surface area contributed by atoms with E-state index < -0.39 is 17.5 Å². The Morgan fingerprint density at radius 3 is 2.25 bits per heavy atom. The summed E-state index contributed by atoms with van der Waals surface area (Å²) in [6.45, 7) is -0.289. The molecular formula is C7H6F3NO. The average molecular weight is 177 g/mol. The van der Waals surface area contributed by atoms with E-state index in [0.717, 1.165) is 0 Å². The van der Waals surface area contributed by atoms with Crippen LogP contribution in [0.15, 0.2) is 12.1 Å². The van der Waals surface area contributed by atoms with E-state index in [0.29, 0.717) is 12.1 Å². The third-order valence-corrected chi connectivity index (χ3v) is 1.33. The summed E-state index contributed by atoms with van der Waals surface area (Å²) >= 11 is 0. The van der Waals surface area contributed by atoms with E-state index in [1.807, 2.05) is 0 Å². The molecule has 0 aromatic heterocycles. The number of hydrogen-bond donors (Lipinski definition) is 1. The van der Waals surface area contributed by atoms with Gasteiger partial charge in [-0.2, -0.15) is 0 Å². The lowest BCUT2D eigenvalue weighted by atomic mass is 10.2. The first-order chi connectivity index (χ1) is 5.65. The summed E-state index contributed by atoms with van der Waals surface area (Å²) in [5.74, 6) is 1.41. The van der Waals surface area contributed by atoms with Gasteiger partial charge in [-0.05, 0) is 6.07 Å². The van der Waals surface area contributed by atoms with Crippen molar-refractivity contribution in [1.82, 2.24) is 0 Å². The van der Waals surface area contributed by atoms with E-state index in [1.54, 1.807) is 0 Å². The largest absolute Gasteiger partial charge is 0.300 e. The Kier molecular flexibility index (Phi) is 2.67. The van der Waals surface area contributed by atoms with Gasteiger partial charge in [0.1, 0.15) is 5.82 Å². The van der Waals surface area contributed by atoms with Crippen LogP contribution in [0.3, 0.4) is 0 Å². The molecule has 0 radical (unpaired) electrons. The van der Waals surface area contributed by atoms with E-state index in [2.05, 4.69) is 10.7 Å². The molecule has 0 bridgehead atoms. The minimum atomic E-state index is -1.23. The highest BCUT2D eigenvalue weighted by molar-refractivity contribution is 5.19. The highest BCUT2D eigenvalue weighted by Gasteiger charge is 2.08. The molecule has 0 fully saturated rings. The van der Waals surface area contributed by atoms with E-state index in [4.69, 9.17) is 0 Å². The van der Waals surface area contributed by atoms with Crippen LogP contribution >= 0.6 is 0 Å². The second kappa shape index (κ2) is 3.55.